The highest BCUT2D eigenvalue weighted by molar-refractivity contribution is 5.67. The van der Waals surface area contributed by atoms with Crippen LogP contribution in [0.1, 0.15) is 96.0 Å². The number of halogens is 6. The molecule has 0 heterocycles. The van der Waals surface area contributed by atoms with Crippen LogP contribution in [0.3, 0.4) is 0 Å². The molecule has 0 aromatic heterocycles. The summed E-state index contributed by atoms with van der Waals surface area (Å²) in [7, 11) is 0. The summed E-state index contributed by atoms with van der Waals surface area (Å²) in [6, 6.07) is 4.40. The molecule has 0 radical (unpaired) electrons. The van der Waals surface area contributed by atoms with Gasteiger partial charge in [0.15, 0.2) is 23.2 Å². The number of benzene rings is 2. The van der Waals surface area contributed by atoms with Crippen molar-refractivity contribution in [1.82, 2.24) is 0 Å². The standard InChI is InChI=1S/C32H38F6O/c1-3-5-21-6-8-22(9-7-21)18-19-32(37,38)39-27-17-16-26(30(35)31(27)36)25-15-14-24(28(33)29(25)34)23-12-10-20(4-2)11-13-23/h14-23H,3-13H2,1-2H3/b19-18+. The maximum atomic E-state index is 15.0. The first kappa shape index (κ1) is 29.5. The zero-order chi connectivity index (χ0) is 28.2. The number of ether oxygens (including phenoxy) is 1. The zero-order valence-corrected chi connectivity index (χ0v) is 22.7. The van der Waals surface area contributed by atoms with Crippen molar-refractivity contribution in [3.05, 3.63) is 65.2 Å². The molecule has 2 aromatic rings. The Morgan fingerprint density at radius 1 is 0.744 bits per heavy atom. The first-order valence-electron chi connectivity index (χ1n) is 14.4. The molecule has 0 unspecified atom stereocenters. The molecular formula is C32H38F6O. The van der Waals surface area contributed by atoms with E-state index >= 15 is 8.78 Å². The van der Waals surface area contributed by atoms with Gasteiger partial charge in [0.1, 0.15) is 0 Å². The first-order chi connectivity index (χ1) is 18.6. The third-order valence-electron chi connectivity index (χ3n) is 8.71. The largest absolute Gasteiger partial charge is 0.426 e. The van der Waals surface area contributed by atoms with E-state index in [1.807, 2.05) is 0 Å². The average molecular weight is 553 g/mol. The van der Waals surface area contributed by atoms with E-state index in [0.29, 0.717) is 17.9 Å². The van der Waals surface area contributed by atoms with Crippen LogP contribution >= 0.6 is 0 Å². The van der Waals surface area contributed by atoms with E-state index in [1.54, 1.807) is 0 Å². The first-order valence-corrected chi connectivity index (χ1v) is 14.4. The lowest BCUT2D eigenvalue weighted by Crippen LogP contribution is -2.23. The van der Waals surface area contributed by atoms with Gasteiger partial charge in [-0.3, -0.25) is 0 Å². The maximum Gasteiger partial charge on any atom is 0.419 e. The smallest absolute Gasteiger partial charge is 0.419 e. The summed E-state index contributed by atoms with van der Waals surface area (Å²) in [6.07, 6.45) is 8.33. The second-order valence-electron chi connectivity index (χ2n) is 11.3. The third-order valence-corrected chi connectivity index (χ3v) is 8.71. The Hall–Kier alpha value is -2.44. The average Bonchev–Trinajstić information content (AvgIpc) is 2.93. The zero-order valence-electron chi connectivity index (χ0n) is 22.7. The van der Waals surface area contributed by atoms with E-state index in [2.05, 4.69) is 18.6 Å². The molecule has 39 heavy (non-hydrogen) atoms. The number of allylic oxidation sites excluding steroid dienone is 1. The van der Waals surface area contributed by atoms with Crippen molar-refractivity contribution in [2.24, 2.45) is 17.8 Å². The second kappa shape index (κ2) is 12.8. The summed E-state index contributed by atoms with van der Waals surface area (Å²) >= 11 is 0. The van der Waals surface area contributed by atoms with Gasteiger partial charge in [-0.1, -0.05) is 51.3 Å². The van der Waals surface area contributed by atoms with Crippen molar-refractivity contribution >= 4 is 0 Å². The maximum absolute atomic E-state index is 15.0. The normalized spacial score (nSPS) is 24.3. The van der Waals surface area contributed by atoms with Crippen LogP contribution in [0, 0.1) is 41.0 Å². The minimum atomic E-state index is -3.86. The van der Waals surface area contributed by atoms with Gasteiger partial charge in [-0.2, -0.15) is 13.2 Å². The Bertz CT molecular complexity index is 1140. The molecular weight excluding hydrogens is 514 g/mol. The highest BCUT2D eigenvalue weighted by atomic mass is 19.3. The molecule has 1 nitrogen and oxygen atoms in total. The summed E-state index contributed by atoms with van der Waals surface area (Å²) in [5.41, 5.74) is -0.788. The van der Waals surface area contributed by atoms with Gasteiger partial charge < -0.3 is 4.74 Å². The molecule has 214 valence electrons. The van der Waals surface area contributed by atoms with Crippen LogP contribution in [0.15, 0.2) is 36.4 Å². The number of hydrogen-bond donors (Lipinski definition) is 0. The predicted octanol–water partition coefficient (Wildman–Crippen LogP) is 10.7. The monoisotopic (exact) mass is 552 g/mol. The summed E-state index contributed by atoms with van der Waals surface area (Å²) < 4.78 is 93.3. The molecule has 0 N–H and O–H groups in total. The van der Waals surface area contributed by atoms with Gasteiger partial charge in [-0.05, 0) is 92.7 Å². The molecule has 0 amide bonds. The lowest BCUT2D eigenvalue weighted by Gasteiger charge is -2.28. The number of rotatable bonds is 9. The van der Waals surface area contributed by atoms with Crippen molar-refractivity contribution in [3.63, 3.8) is 0 Å². The van der Waals surface area contributed by atoms with E-state index in [9.17, 15) is 17.6 Å². The minimum absolute atomic E-state index is 0.0148. The van der Waals surface area contributed by atoms with E-state index < -0.39 is 46.3 Å². The fourth-order valence-electron chi connectivity index (χ4n) is 6.29. The van der Waals surface area contributed by atoms with Gasteiger partial charge in [0.05, 0.1) is 0 Å². The van der Waals surface area contributed by atoms with E-state index in [0.717, 1.165) is 82.8 Å². The molecule has 0 bridgehead atoms. The summed E-state index contributed by atoms with van der Waals surface area (Å²) in [5, 5.41) is 0. The Morgan fingerprint density at radius 2 is 1.33 bits per heavy atom. The molecule has 2 saturated carbocycles. The molecule has 2 fully saturated rings. The third kappa shape index (κ3) is 7.01. The lowest BCUT2D eigenvalue weighted by atomic mass is 9.77. The van der Waals surface area contributed by atoms with Crippen molar-refractivity contribution in [2.45, 2.75) is 96.5 Å². The molecule has 4 rings (SSSR count). The van der Waals surface area contributed by atoms with Crippen LogP contribution < -0.4 is 4.74 Å². The van der Waals surface area contributed by atoms with Crippen LogP contribution in [0.2, 0.25) is 0 Å². The number of alkyl halides is 2. The van der Waals surface area contributed by atoms with Crippen LogP contribution in [-0.2, 0) is 0 Å². The molecule has 0 saturated heterocycles. The summed E-state index contributed by atoms with van der Waals surface area (Å²) in [5.74, 6) is -5.54. The van der Waals surface area contributed by atoms with Crippen LogP contribution in [0.4, 0.5) is 26.3 Å². The fourth-order valence-corrected chi connectivity index (χ4v) is 6.29. The minimum Gasteiger partial charge on any atom is -0.426 e. The van der Waals surface area contributed by atoms with E-state index in [1.165, 1.54) is 18.2 Å². The SMILES string of the molecule is CCCC1CCC(/C=C/C(F)(F)Oc2ccc(-c3ccc(C4CCC(CC)CC4)c(F)c3F)c(F)c2F)CC1. The number of hydrogen-bond acceptors (Lipinski definition) is 1. The highest BCUT2D eigenvalue weighted by Crippen LogP contribution is 2.41. The Balaban J connectivity index is 1.46. The molecule has 0 spiro atoms. The predicted molar refractivity (Wildman–Crippen MR) is 142 cm³/mol. The van der Waals surface area contributed by atoms with Gasteiger partial charge in [-0.15, -0.1) is 0 Å². The van der Waals surface area contributed by atoms with Crippen LogP contribution in [-0.4, -0.2) is 6.11 Å². The summed E-state index contributed by atoms with van der Waals surface area (Å²) in [4.78, 5) is 0. The summed E-state index contributed by atoms with van der Waals surface area (Å²) in [6.45, 7) is 4.24. The molecule has 0 aliphatic heterocycles. The van der Waals surface area contributed by atoms with Crippen molar-refractivity contribution in [2.75, 3.05) is 0 Å². The van der Waals surface area contributed by atoms with Gasteiger partial charge >= 0.3 is 6.11 Å². The van der Waals surface area contributed by atoms with Gasteiger partial charge in [0, 0.05) is 17.2 Å². The van der Waals surface area contributed by atoms with E-state index in [4.69, 9.17) is 0 Å². The topological polar surface area (TPSA) is 9.23 Å². The molecule has 7 heteroatoms. The van der Waals surface area contributed by atoms with Gasteiger partial charge in [0.25, 0.3) is 0 Å². The highest BCUT2D eigenvalue weighted by Gasteiger charge is 2.32. The quantitative estimate of drug-likeness (QED) is 0.222. The van der Waals surface area contributed by atoms with Crippen molar-refractivity contribution in [3.8, 4) is 16.9 Å². The van der Waals surface area contributed by atoms with Crippen LogP contribution in [0.25, 0.3) is 11.1 Å². The molecule has 2 aliphatic carbocycles. The Kier molecular flexibility index (Phi) is 9.71. The second-order valence-corrected chi connectivity index (χ2v) is 11.3. The molecule has 0 atom stereocenters. The van der Waals surface area contributed by atoms with Crippen molar-refractivity contribution in [1.29, 1.82) is 0 Å². The fraction of sp³-hybridized carbons (Fsp3) is 0.562. The Morgan fingerprint density at radius 3 is 1.95 bits per heavy atom. The Labute approximate surface area is 227 Å². The van der Waals surface area contributed by atoms with E-state index in [-0.39, 0.29) is 17.4 Å². The lowest BCUT2D eigenvalue weighted by molar-refractivity contribution is -0.133. The molecule has 2 aliphatic rings. The van der Waals surface area contributed by atoms with Gasteiger partial charge in [0.2, 0.25) is 5.82 Å². The molecule has 2 aromatic carbocycles. The van der Waals surface area contributed by atoms with Crippen LogP contribution in [0.5, 0.6) is 5.75 Å². The van der Waals surface area contributed by atoms with Gasteiger partial charge in [-0.25, -0.2) is 13.2 Å². The van der Waals surface area contributed by atoms with Crippen molar-refractivity contribution < 1.29 is 31.1 Å².